The van der Waals surface area contributed by atoms with E-state index >= 15 is 0 Å². The fraction of sp³-hybridized carbons (Fsp3) is 0.588. The van der Waals surface area contributed by atoms with E-state index in [1.807, 2.05) is 13.0 Å². The zero-order valence-corrected chi connectivity index (χ0v) is 13.3. The molecule has 6 heteroatoms. The number of carbonyl (C=O) groups is 3. The van der Waals surface area contributed by atoms with Crippen molar-refractivity contribution in [1.82, 2.24) is 0 Å². The predicted molar refractivity (Wildman–Crippen MR) is 79.4 cm³/mol. The molecule has 2 saturated heterocycles. The first-order valence-electron chi connectivity index (χ1n) is 7.72. The molecule has 1 spiro atoms. The fourth-order valence-corrected chi connectivity index (χ4v) is 3.35. The second kappa shape index (κ2) is 5.60. The molecule has 0 aromatic rings. The largest absolute Gasteiger partial charge is 0.458 e. The average Bonchev–Trinajstić information content (AvgIpc) is 3.17. The summed E-state index contributed by atoms with van der Waals surface area (Å²) in [7, 11) is 0. The normalized spacial score (nSPS) is 39.3. The highest BCUT2D eigenvalue weighted by atomic mass is 16.6. The number of rotatable bonds is 1. The highest BCUT2D eigenvalue weighted by Crippen LogP contribution is 2.41. The Labute approximate surface area is 134 Å². The van der Waals surface area contributed by atoms with Crippen LogP contribution in [0.5, 0.6) is 0 Å². The molecule has 2 aliphatic heterocycles. The summed E-state index contributed by atoms with van der Waals surface area (Å²) in [6.45, 7) is 7.32. The molecule has 0 unspecified atom stereocenters. The molecule has 0 aromatic heterocycles. The van der Waals surface area contributed by atoms with Crippen LogP contribution in [0.4, 0.5) is 0 Å². The van der Waals surface area contributed by atoms with Gasteiger partial charge >= 0.3 is 11.9 Å². The smallest absolute Gasteiger partial charge is 0.334 e. The number of hydrogen-bond donors (Lipinski definition) is 0. The summed E-state index contributed by atoms with van der Waals surface area (Å²) in [4.78, 5) is 35.7. The first kappa shape index (κ1) is 15.9. The zero-order valence-electron chi connectivity index (χ0n) is 13.3. The quantitative estimate of drug-likeness (QED) is 0.315. The van der Waals surface area contributed by atoms with Crippen LogP contribution in [0, 0.1) is 5.92 Å². The Balaban J connectivity index is 1.91. The zero-order chi connectivity index (χ0) is 16.8. The van der Waals surface area contributed by atoms with Crippen molar-refractivity contribution in [3.63, 3.8) is 0 Å². The van der Waals surface area contributed by atoms with Crippen LogP contribution in [0.2, 0.25) is 0 Å². The van der Waals surface area contributed by atoms with Gasteiger partial charge in [0.2, 0.25) is 0 Å². The molecular weight excluding hydrogens is 300 g/mol. The number of ketones is 1. The lowest BCUT2D eigenvalue weighted by atomic mass is 9.82. The molecule has 0 N–H and O–H groups in total. The third-order valence-electron chi connectivity index (χ3n) is 4.67. The predicted octanol–water partition coefficient (Wildman–Crippen LogP) is 1.48. The molecule has 23 heavy (non-hydrogen) atoms. The molecule has 6 nitrogen and oxygen atoms in total. The Bertz CT molecular complexity index is 613. The third kappa shape index (κ3) is 3.08. The second-order valence-electron chi connectivity index (χ2n) is 6.55. The molecule has 2 heterocycles. The summed E-state index contributed by atoms with van der Waals surface area (Å²) in [5.41, 5.74) is 0.382. The summed E-state index contributed by atoms with van der Waals surface area (Å²) >= 11 is 0. The first-order chi connectivity index (χ1) is 10.8. The van der Waals surface area contributed by atoms with Crippen molar-refractivity contribution >= 4 is 17.7 Å². The van der Waals surface area contributed by atoms with Crippen LogP contribution in [0.1, 0.15) is 33.1 Å². The van der Waals surface area contributed by atoms with Gasteiger partial charge in [0.15, 0.2) is 11.4 Å². The van der Waals surface area contributed by atoms with Crippen molar-refractivity contribution in [3.8, 4) is 0 Å². The SMILES string of the molecule is C=C1C(=O)O[C@H]2C/C(C)=C/[C@H](OC(C)=O)C[C@@]3(CO3)C(=O)C[C@H]12. The van der Waals surface area contributed by atoms with Gasteiger partial charge in [-0.05, 0) is 13.0 Å². The van der Waals surface area contributed by atoms with Crippen molar-refractivity contribution in [2.24, 2.45) is 5.92 Å². The minimum absolute atomic E-state index is 0.0861. The average molecular weight is 320 g/mol. The van der Waals surface area contributed by atoms with Gasteiger partial charge in [0.05, 0.1) is 6.61 Å². The summed E-state index contributed by atoms with van der Waals surface area (Å²) in [6, 6.07) is 0. The van der Waals surface area contributed by atoms with Crippen LogP contribution < -0.4 is 0 Å². The summed E-state index contributed by atoms with van der Waals surface area (Å²) in [5, 5.41) is 0. The Hall–Kier alpha value is -1.95. The van der Waals surface area contributed by atoms with Gasteiger partial charge in [-0.15, -0.1) is 0 Å². The van der Waals surface area contributed by atoms with E-state index in [2.05, 4.69) is 6.58 Å². The minimum Gasteiger partial charge on any atom is -0.458 e. The first-order valence-corrected chi connectivity index (χ1v) is 7.72. The van der Waals surface area contributed by atoms with Gasteiger partial charge < -0.3 is 14.2 Å². The molecule has 124 valence electrons. The van der Waals surface area contributed by atoms with E-state index in [9.17, 15) is 14.4 Å². The number of esters is 2. The van der Waals surface area contributed by atoms with E-state index in [0.717, 1.165) is 5.57 Å². The minimum atomic E-state index is -0.912. The lowest BCUT2D eigenvalue weighted by Crippen LogP contribution is -2.35. The van der Waals surface area contributed by atoms with E-state index in [4.69, 9.17) is 14.2 Å². The number of hydrogen-bond acceptors (Lipinski definition) is 6. The fourth-order valence-electron chi connectivity index (χ4n) is 3.35. The molecule has 3 rings (SSSR count). The van der Waals surface area contributed by atoms with Crippen molar-refractivity contribution in [1.29, 1.82) is 0 Å². The van der Waals surface area contributed by atoms with Crippen molar-refractivity contribution in [2.45, 2.75) is 50.9 Å². The van der Waals surface area contributed by atoms with Crippen LogP contribution in [-0.4, -0.2) is 42.1 Å². The molecular formula is C17H20O6. The van der Waals surface area contributed by atoms with Gasteiger partial charge in [0, 0.05) is 37.7 Å². The van der Waals surface area contributed by atoms with E-state index in [0.29, 0.717) is 25.0 Å². The Morgan fingerprint density at radius 2 is 2.09 bits per heavy atom. The van der Waals surface area contributed by atoms with Crippen LogP contribution in [0.25, 0.3) is 0 Å². The monoisotopic (exact) mass is 320 g/mol. The van der Waals surface area contributed by atoms with Crippen LogP contribution in [-0.2, 0) is 28.6 Å². The number of carbonyl (C=O) groups excluding carboxylic acids is 3. The molecule has 3 aliphatic rings. The van der Waals surface area contributed by atoms with Gasteiger partial charge in [-0.2, -0.15) is 0 Å². The maximum Gasteiger partial charge on any atom is 0.334 e. The maximum absolute atomic E-state index is 12.6. The van der Waals surface area contributed by atoms with Crippen molar-refractivity contribution in [2.75, 3.05) is 6.61 Å². The number of fused-ring (bicyclic) bond motifs is 1. The topological polar surface area (TPSA) is 82.2 Å². The van der Waals surface area contributed by atoms with Gasteiger partial charge in [-0.1, -0.05) is 12.2 Å². The third-order valence-corrected chi connectivity index (χ3v) is 4.67. The van der Waals surface area contributed by atoms with Crippen LogP contribution >= 0.6 is 0 Å². The van der Waals surface area contributed by atoms with Crippen molar-refractivity contribution in [3.05, 3.63) is 23.8 Å². The molecule has 0 bridgehead atoms. The van der Waals surface area contributed by atoms with Crippen molar-refractivity contribution < 1.29 is 28.6 Å². The molecule has 2 fully saturated rings. The van der Waals surface area contributed by atoms with E-state index in [-0.39, 0.29) is 18.1 Å². The Kier molecular flexibility index (Phi) is 3.88. The van der Waals surface area contributed by atoms with Gasteiger partial charge in [0.25, 0.3) is 0 Å². The summed E-state index contributed by atoms with van der Waals surface area (Å²) < 4.78 is 16.1. The van der Waals surface area contributed by atoms with Gasteiger partial charge in [0.1, 0.15) is 12.2 Å². The van der Waals surface area contributed by atoms with Gasteiger partial charge in [-0.25, -0.2) is 4.79 Å². The second-order valence-corrected chi connectivity index (χ2v) is 6.55. The standard InChI is InChI=1S/C17H20O6/c1-9-4-12(22-11(3)18)7-17(8-21-17)15(19)6-13-10(2)16(20)23-14(13)5-9/h4,12-14H,2,5-8H2,1,3H3/b9-4+/t12-,13+,14-,17+/m0/s1. The maximum atomic E-state index is 12.6. The molecule has 0 aromatic carbocycles. The Morgan fingerprint density at radius 1 is 1.39 bits per heavy atom. The van der Waals surface area contributed by atoms with Gasteiger partial charge in [-0.3, -0.25) is 9.59 Å². The summed E-state index contributed by atoms with van der Waals surface area (Å²) in [5.74, 6) is -1.25. The molecule has 4 atom stereocenters. The molecule has 0 radical (unpaired) electrons. The highest BCUT2D eigenvalue weighted by Gasteiger charge is 2.55. The highest BCUT2D eigenvalue weighted by molar-refractivity contribution is 5.95. The lowest BCUT2D eigenvalue weighted by Gasteiger charge is -2.24. The van der Waals surface area contributed by atoms with E-state index < -0.39 is 29.7 Å². The Morgan fingerprint density at radius 3 is 2.70 bits per heavy atom. The molecule has 1 aliphatic carbocycles. The number of epoxide rings is 1. The number of ether oxygens (including phenoxy) is 3. The lowest BCUT2D eigenvalue weighted by molar-refractivity contribution is -0.146. The number of Topliss-reactive ketones (excluding diaryl/α,β-unsaturated/α-hetero) is 1. The van der Waals surface area contributed by atoms with E-state index in [1.165, 1.54) is 6.92 Å². The van der Waals surface area contributed by atoms with E-state index in [1.54, 1.807) is 0 Å². The summed E-state index contributed by atoms with van der Waals surface area (Å²) in [6.07, 6.45) is 1.86. The molecule has 0 amide bonds. The van der Waals surface area contributed by atoms with Crippen LogP contribution in [0.15, 0.2) is 23.8 Å². The van der Waals surface area contributed by atoms with Crippen LogP contribution in [0.3, 0.4) is 0 Å². The molecule has 0 saturated carbocycles.